The number of ether oxygens (including phenoxy) is 2. The van der Waals surface area contributed by atoms with Crippen LogP contribution in [0.15, 0.2) is 17.1 Å². The Balaban J connectivity index is 2.30. The summed E-state index contributed by atoms with van der Waals surface area (Å²) < 4.78 is 20.6. The monoisotopic (exact) mass is 353 g/mol. The maximum atomic E-state index is 11.1. The molecule has 2 aliphatic rings. The Labute approximate surface area is 108 Å². The number of aliphatic imine (C=N–C) groups is 1. The normalized spacial score (nSPS) is 32.6. The Morgan fingerprint density at radius 3 is 3.06 bits per heavy atom. The van der Waals surface area contributed by atoms with Crippen LogP contribution in [0.1, 0.15) is 0 Å². The van der Waals surface area contributed by atoms with Crippen LogP contribution >= 0.6 is 21.1 Å². The first-order chi connectivity index (χ1) is 8.21. The van der Waals surface area contributed by atoms with Crippen molar-refractivity contribution >= 4 is 36.5 Å². The summed E-state index contributed by atoms with van der Waals surface area (Å²) in [6.07, 6.45) is 2.18. The Morgan fingerprint density at radius 1 is 1.71 bits per heavy atom. The van der Waals surface area contributed by atoms with Gasteiger partial charge in [-0.15, -0.1) is 0 Å². The first-order valence-electron chi connectivity index (χ1n) is 4.96. The predicted molar refractivity (Wildman–Crippen MR) is 69.1 cm³/mol. The maximum Gasteiger partial charge on any atom is 0.272 e. The molecule has 6 nitrogen and oxygen atoms in total. The Hall–Kier alpha value is -0.640. The summed E-state index contributed by atoms with van der Waals surface area (Å²) in [4.78, 5) is 14.9. The highest BCUT2D eigenvalue weighted by molar-refractivity contribution is 14.2. The predicted octanol–water partition coefficient (Wildman–Crippen LogP) is -0.446. The van der Waals surface area contributed by atoms with Crippen LogP contribution in [-0.4, -0.2) is 49.8 Å². The molecule has 0 aromatic rings. The molecule has 0 saturated carbocycles. The van der Waals surface area contributed by atoms with Crippen molar-refractivity contribution in [1.82, 2.24) is 0 Å². The van der Waals surface area contributed by atoms with E-state index in [0.717, 1.165) is 0 Å². The third-order valence-corrected chi connectivity index (χ3v) is 4.27. The fraction of sp³-hybridized carbons (Fsp3) is 0.500. The molecular weight excluding hydrogens is 341 g/mol. The van der Waals surface area contributed by atoms with Gasteiger partial charge in [-0.3, -0.25) is 4.79 Å². The van der Waals surface area contributed by atoms with Gasteiger partial charge >= 0.3 is 0 Å². The van der Waals surface area contributed by atoms with Crippen LogP contribution in [0.3, 0.4) is 0 Å². The van der Waals surface area contributed by atoms with Gasteiger partial charge in [0.05, 0.1) is 16.0 Å². The Kier molecular flexibility index (Phi) is 4.02. The van der Waals surface area contributed by atoms with Gasteiger partial charge in [0.2, 0.25) is 5.90 Å². The Morgan fingerprint density at radius 2 is 2.47 bits per heavy atom. The molecule has 2 heterocycles. The minimum absolute atomic E-state index is 0.222. The lowest BCUT2D eigenvalue weighted by Crippen LogP contribution is -2.35. The average Bonchev–Trinajstić information content (AvgIpc) is 2.68. The van der Waals surface area contributed by atoms with Gasteiger partial charge in [-0.2, -0.15) is 4.99 Å². The summed E-state index contributed by atoms with van der Waals surface area (Å²) in [6, 6.07) is 0. The summed E-state index contributed by atoms with van der Waals surface area (Å²) in [5.74, 6) is -0.284. The van der Waals surface area contributed by atoms with E-state index in [4.69, 9.17) is 14.6 Å². The zero-order chi connectivity index (χ0) is 12.4. The van der Waals surface area contributed by atoms with E-state index in [0.29, 0.717) is 9.41 Å². The standard InChI is InChI=1S/C10H12INO5/c1-16-8-5-2-3-7(14)12-10(5)17-9(8)6(4-13)11-15/h2-3,5,8-9,13,15H,4H2,1H3. The van der Waals surface area contributed by atoms with Crippen molar-refractivity contribution < 1.29 is 22.8 Å². The number of aliphatic hydroxyl groups excluding tert-OH is 1. The van der Waals surface area contributed by atoms with Gasteiger partial charge in [0, 0.05) is 34.3 Å². The zero-order valence-corrected chi connectivity index (χ0v) is 11.2. The largest absolute Gasteiger partial charge is 0.469 e. The quantitative estimate of drug-likeness (QED) is 0.672. The topological polar surface area (TPSA) is 88.4 Å². The number of hydrogen-bond acceptors (Lipinski definition) is 5. The van der Waals surface area contributed by atoms with E-state index in [1.807, 2.05) is 0 Å². The second-order valence-electron chi connectivity index (χ2n) is 3.60. The highest BCUT2D eigenvalue weighted by atomic mass is 127. The molecule has 1 saturated heterocycles. The molecule has 0 aliphatic carbocycles. The first-order valence-corrected chi connectivity index (χ1v) is 7.01. The summed E-state index contributed by atoms with van der Waals surface area (Å²) in [5, 5.41) is 9.16. The second-order valence-corrected chi connectivity index (χ2v) is 5.47. The number of rotatable bonds is 3. The molecule has 0 aromatic heterocycles. The van der Waals surface area contributed by atoms with Gasteiger partial charge < -0.3 is 18.0 Å². The van der Waals surface area contributed by atoms with Crippen molar-refractivity contribution in [2.45, 2.75) is 12.2 Å². The van der Waals surface area contributed by atoms with E-state index in [1.165, 1.54) is 13.2 Å². The van der Waals surface area contributed by atoms with Crippen molar-refractivity contribution in [2.24, 2.45) is 10.9 Å². The molecule has 17 heavy (non-hydrogen) atoms. The molecule has 0 radical (unpaired) electrons. The molecule has 2 N–H and O–H groups in total. The molecule has 7 heteroatoms. The molecule has 2 rings (SSSR count). The number of hydrogen-bond donors (Lipinski definition) is 2. The van der Waals surface area contributed by atoms with Crippen molar-refractivity contribution in [3.63, 3.8) is 0 Å². The van der Waals surface area contributed by atoms with E-state index < -0.39 is 27.2 Å². The number of aliphatic hydroxyl groups is 1. The number of halogens is 1. The number of fused-ring (bicyclic) bond motifs is 1. The minimum Gasteiger partial charge on any atom is -0.469 e. The molecule has 2 aliphatic heterocycles. The lowest BCUT2D eigenvalue weighted by atomic mass is 9.97. The summed E-state index contributed by atoms with van der Waals surface area (Å²) in [7, 11) is 1.53. The zero-order valence-electron chi connectivity index (χ0n) is 9.04. The van der Waals surface area contributed by atoms with E-state index in [-0.39, 0.29) is 24.5 Å². The molecule has 3 atom stereocenters. The van der Waals surface area contributed by atoms with E-state index in [9.17, 15) is 8.23 Å². The third kappa shape index (κ3) is 2.32. The van der Waals surface area contributed by atoms with Gasteiger partial charge in [-0.05, 0) is 0 Å². The van der Waals surface area contributed by atoms with Gasteiger partial charge in [0.25, 0.3) is 5.91 Å². The van der Waals surface area contributed by atoms with E-state index >= 15 is 0 Å². The van der Waals surface area contributed by atoms with Crippen LogP contribution in [0, 0.1) is 5.92 Å². The van der Waals surface area contributed by atoms with Gasteiger partial charge in [0.15, 0.2) is 6.10 Å². The maximum absolute atomic E-state index is 11.1. The number of methoxy groups -OCH3 is 1. The minimum atomic E-state index is -1.25. The number of nitrogens with zero attached hydrogens (tertiary/aromatic N) is 1. The molecule has 1 amide bonds. The number of dihydropyridines is 1. The number of carbonyl (C=O) groups is 1. The molecular formula is C10H12INO5. The van der Waals surface area contributed by atoms with Crippen molar-refractivity contribution in [3.8, 4) is 0 Å². The highest BCUT2D eigenvalue weighted by Crippen LogP contribution is 2.30. The third-order valence-electron chi connectivity index (χ3n) is 2.69. The molecule has 0 spiro atoms. The molecule has 0 bridgehead atoms. The van der Waals surface area contributed by atoms with Crippen LogP contribution in [0.4, 0.5) is 0 Å². The lowest BCUT2D eigenvalue weighted by molar-refractivity contribution is -0.113. The van der Waals surface area contributed by atoms with Gasteiger partial charge in [0.1, 0.15) is 6.10 Å². The summed E-state index contributed by atoms with van der Waals surface area (Å²) >= 11 is -1.25. The van der Waals surface area contributed by atoms with Crippen LogP contribution in [0.25, 0.3) is 0 Å². The summed E-state index contributed by atoms with van der Waals surface area (Å²) in [5.41, 5.74) is 0. The fourth-order valence-corrected chi connectivity index (χ4v) is 2.81. The SMILES string of the molecule is COC1C2C=CC(=O)N=C2OC1C(CO)=IO. The first kappa shape index (κ1) is 12.8. The molecule has 1 fully saturated rings. The van der Waals surface area contributed by atoms with Crippen LogP contribution in [0.5, 0.6) is 0 Å². The van der Waals surface area contributed by atoms with Crippen molar-refractivity contribution in [3.05, 3.63) is 12.2 Å². The van der Waals surface area contributed by atoms with Crippen LogP contribution in [-0.2, 0) is 14.3 Å². The average molecular weight is 353 g/mol. The molecule has 3 unspecified atom stereocenters. The molecule has 0 aromatic carbocycles. The second kappa shape index (κ2) is 5.34. The molecule has 94 valence electrons. The van der Waals surface area contributed by atoms with Crippen LogP contribution < -0.4 is 0 Å². The number of carbonyl (C=O) groups excluding carboxylic acids is 1. The lowest BCUT2D eigenvalue weighted by Gasteiger charge is -2.18. The van der Waals surface area contributed by atoms with Gasteiger partial charge in [-0.1, -0.05) is 6.08 Å². The van der Waals surface area contributed by atoms with Crippen molar-refractivity contribution in [1.29, 1.82) is 0 Å². The smallest absolute Gasteiger partial charge is 0.272 e. The number of amides is 1. The fourth-order valence-electron chi connectivity index (χ4n) is 1.91. The van der Waals surface area contributed by atoms with Crippen molar-refractivity contribution in [2.75, 3.05) is 13.7 Å². The van der Waals surface area contributed by atoms with E-state index in [1.54, 1.807) is 6.08 Å². The van der Waals surface area contributed by atoms with Gasteiger partial charge in [-0.25, -0.2) is 0 Å². The summed E-state index contributed by atoms with van der Waals surface area (Å²) in [6.45, 7) is -0.244. The highest BCUT2D eigenvalue weighted by Gasteiger charge is 2.45. The van der Waals surface area contributed by atoms with Crippen LogP contribution in [0.2, 0.25) is 0 Å². The van der Waals surface area contributed by atoms with E-state index in [2.05, 4.69) is 4.99 Å². The Bertz CT molecular complexity index is 417.